The molecule has 0 unspecified atom stereocenters. The minimum atomic E-state index is 0. The van der Waals surface area contributed by atoms with Crippen LogP contribution in [0.2, 0.25) is 0 Å². The summed E-state index contributed by atoms with van der Waals surface area (Å²) in [5.74, 6) is 0. The van der Waals surface area contributed by atoms with Gasteiger partial charge in [0.15, 0.2) is 0 Å². The van der Waals surface area contributed by atoms with Crippen molar-refractivity contribution < 1.29 is 25.8 Å². The van der Waals surface area contributed by atoms with Crippen LogP contribution in [0.5, 0.6) is 0 Å². The molecule has 0 fully saturated rings. The smallest absolute Gasteiger partial charge is 0.663 e. The van der Waals surface area contributed by atoms with Gasteiger partial charge in [-0.3, -0.25) is 0 Å². The van der Waals surface area contributed by atoms with Crippen LogP contribution >= 0.6 is 0 Å². The second-order valence-electron chi connectivity index (χ2n) is 5.69. The largest absolute Gasteiger partial charge is 4.00 e. The van der Waals surface area contributed by atoms with Crippen LogP contribution in [0.4, 0.5) is 0 Å². The van der Waals surface area contributed by atoms with Crippen LogP contribution in [0.3, 0.4) is 0 Å². The average molecular weight is 530 g/mol. The van der Waals surface area contributed by atoms with E-state index in [1.54, 1.807) is 0 Å². The van der Waals surface area contributed by atoms with E-state index in [0.717, 1.165) is 39.3 Å². The maximum Gasteiger partial charge on any atom is 4.00 e. The van der Waals surface area contributed by atoms with E-state index in [4.69, 9.17) is 0 Å². The zero-order valence-electron chi connectivity index (χ0n) is 19.6. The molecule has 1 aromatic carbocycles. The first kappa shape index (κ1) is 33.7. The summed E-state index contributed by atoms with van der Waals surface area (Å²) in [6.45, 7) is 29.1. The fourth-order valence-electron chi connectivity index (χ4n) is 2.08. The predicted molar refractivity (Wildman–Crippen MR) is 119 cm³/mol. The molecular weight excluding hydrogens is 485 g/mol. The second-order valence-corrected chi connectivity index (χ2v) is 5.69. The molecule has 3 nitrogen and oxygen atoms in total. The van der Waals surface area contributed by atoms with Crippen LogP contribution in [0, 0.1) is 34.6 Å². The normalized spacial score (nSPS) is 8.88. The van der Waals surface area contributed by atoms with Crippen molar-refractivity contribution in [2.45, 2.75) is 76.2 Å². The third kappa shape index (κ3) is 18.9. The van der Waals surface area contributed by atoms with Gasteiger partial charge >= 0.3 is 25.8 Å². The molecule has 0 atom stereocenters. The van der Waals surface area contributed by atoms with Crippen molar-refractivity contribution >= 4 is 0 Å². The van der Waals surface area contributed by atoms with Gasteiger partial charge in [-0.1, -0.05) is 76.2 Å². The standard InChI is InChI=1S/C10H15.3C4H10N.Hf/c1-6-7(2)9(4)10(5)8(6)3;3*1-3-5-4-2;/h1-5H3;3*3-4H2,1-2H3;/q4*-1;+4. The first-order valence-corrected chi connectivity index (χ1v) is 9.89. The van der Waals surface area contributed by atoms with Gasteiger partial charge in [0.2, 0.25) is 0 Å². The molecule has 0 spiro atoms. The molecule has 152 valence electrons. The number of hydrogen-bond donors (Lipinski definition) is 0. The van der Waals surface area contributed by atoms with Crippen molar-refractivity contribution in [2.24, 2.45) is 0 Å². The third-order valence-corrected chi connectivity index (χ3v) is 4.15. The molecule has 0 aliphatic rings. The SMILES string of the molecule is CC[N-]CC.CC[N-]CC.CC[N-]CC.Cc1c(C)c(C)[c-](C)c1C.[Hf+4]. The van der Waals surface area contributed by atoms with Crippen LogP contribution in [0.1, 0.15) is 69.4 Å². The van der Waals surface area contributed by atoms with Crippen molar-refractivity contribution in [3.63, 3.8) is 0 Å². The van der Waals surface area contributed by atoms with Crippen LogP contribution in [0.25, 0.3) is 16.0 Å². The quantitative estimate of drug-likeness (QED) is 0.277. The molecule has 0 radical (unpaired) electrons. The van der Waals surface area contributed by atoms with Gasteiger partial charge in [0, 0.05) is 0 Å². The van der Waals surface area contributed by atoms with E-state index in [0.29, 0.717) is 0 Å². The van der Waals surface area contributed by atoms with Crippen molar-refractivity contribution in [3.05, 3.63) is 43.8 Å². The fourth-order valence-corrected chi connectivity index (χ4v) is 2.08. The molecule has 4 heteroatoms. The van der Waals surface area contributed by atoms with Crippen LogP contribution < -0.4 is 0 Å². The predicted octanol–water partition coefficient (Wildman–Crippen LogP) is 7.14. The molecule has 26 heavy (non-hydrogen) atoms. The van der Waals surface area contributed by atoms with E-state index < -0.39 is 0 Å². The van der Waals surface area contributed by atoms with E-state index in [1.807, 2.05) is 41.5 Å². The zero-order valence-corrected chi connectivity index (χ0v) is 23.2. The minimum Gasteiger partial charge on any atom is -0.663 e. The van der Waals surface area contributed by atoms with Gasteiger partial charge in [-0.2, -0.15) is 67.1 Å². The first-order valence-electron chi connectivity index (χ1n) is 9.89. The molecule has 0 aliphatic heterocycles. The summed E-state index contributed by atoms with van der Waals surface area (Å²) in [7, 11) is 0. The van der Waals surface area contributed by atoms with Gasteiger partial charge in [0.1, 0.15) is 0 Å². The van der Waals surface area contributed by atoms with Crippen molar-refractivity contribution in [2.75, 3.05) is 39.3 Å². The number of rotatable bonds is 6. The van der Waals surface area contributed by atoms with Gasteiger partial charge < -0.3 is 16.0 Å². The first-order chi connectivity index (χ1) is 11.8. The van der Waals surface area contributed by atoms with E-state index >= 15 is 0 Å². The minimum absolute atomic E-state index is 0. The van der Waals surface area contributed by atoms with Crippen LogP contribution in [-0.2, 0) is 25.8 Å². The molecular formula is C22H45HfN3. The molecule has 0 bridgehead atoms. The monoisotopic (exact) mass is 531 g/mol. The zero-order chi connectivity index (χ0) is 20.3. The Labute approximate surface area is 184 Å². The maximum atomic E-state index is 3.97. The number of nitrogens with zero attached hydrogens (tertiary/aromatic N) is 3. The van der Waals surface area contributed by atoms with Gasteiger partial charge in [-0.25, -0.2) is 0 Å². The Hall–Kier alpha value is 0.100. The van der Waals surface area contributed by atoms with Crippen LogP contribution in [0.15, 0.2) is 0 Å². The summed E-state index contributed by atoms with van der Waals surface area (Å²) < 4.78 is 0. The van der Waals surface area contributed by atoms with Crippen molar-refractivity contribution in [1.29, 1.82) is 0 Å². The van der Waals surface area contributed by atoms with Gasteiger partial charge in [0.25, 0.3) is 0 Å². The Morgan fingerprint density at radius 3 is 0.769 bits per heavy atom. The number of hydrogen-bond acceptors (Lipinski definition) is 0. The van der Waals surface area contributed by atoms with Gasteiger partial charge in [-0.15, -0.1) is 0 Å². The molecule has 1 aromatic rings. The Balaban J connectivity index is -0.000000132. The van der Waals surface area contributed by atoms with Crippen molar-refractivity contribution in [1.82, 2.24) is 0 Å². The van der Waals surface area contributed by atoms with Gasteiger partial charge in [-0.05, 0) is 0 Å². The summed E-state index contributed by atoms with van der Waals surface area (Å²) in [6.07, 6.45) is 0. The maximum absolute atomic E-state index is 3.97. The Kier molecular flexibility index (Phi) is 32.5. The van der Waals surface area contributed by atoms with E-state index in [-0.39, 0.29) is 25.8 Å². The van der Waals surface area contributed by atoms with E-state index in [1.165, 1.54) is 27.8 Å². The summed E-state index contributed by atoms with van der Waals surface area (Å²) in [6, 6.07) is 0. The summed E-state index contributed by atoms with van der Waals surface area (Å²) in [5, 5.41) is 11.9. The molecule has 1 rings (SSSR count). The average Bonchev–Trinajstić information content (AvgIpc) is 2.77. The second kappa shape index (κ2) is 25.1. The molecule has 0 heterocycles. The van der Waals surface area contributed by atoms with E-state index in [9.17, 15) is 0 Å². The Morgan fingerprint density at radius 1 is 0.538 bits per heavy atom. The van der Waals surface area contributed by atoms with E-state index in [2.05, 4.69) is 50.6 Å². The molecule has 0 saturated carbocycles. The summed E-state index contributed by atoms with van der Waals surface area (Å²) in [5.41, 5.74) is 7.34. The molecule has 0 aliphatic carbocycles. The molecule has 0 saturated heterocycles. The Bertz CT molecular complexity index is 287. The Morgan fingerprint density at radius 2 is 0.731 bits per heavy atom. The summed E-state index contributed by atoms with van der Waals surface area (Å²) in [4.78, 5) is 0. The van der Waals surface area contributed by atoms with Crippen molar-refractivity contribution in [3.8, 4) is 0 Å². The molecule has 0 aromatic heterocycles. The summed E-state index contributed by atoms with van der Waals surface area (Å²) >= 11 is 0. The van der Waals surface area contributed by atoms with Gasteiger partial charge in [0.05, 0.1) is 0 Å². The topological polar surface area (TPSA) is 42.3 Å². The molecule has 0 N–H and O–H groups in total. The third-order valence-electron chi connectivity index (χ3n) is 4.15. The fraction of sp³-hybridized carbons (Fsp3) is 0.773. The van der Waals surface area contributed by atoms with Crippen LogP contribution in [-0.4, -0.2) is 39.3 Å². The molecule has 0 amide bonds.